The van der Waals surface area contributed by atoms with E-state index < -0.39 is 11.6 Å². The fourth-order valence-corrected chi connectivity index (χ4v) is 2.61. The van der Waals surface area contributed by atoms with Gasteiger partial charge in [0.25, 0.3) is 0 Å². The first-order valence-electron chi connectivity index (χ1n) is 7.71. The fourth-order valence-electron chi connectivity index (χ4n) is 2.61. The van der Waals surface area contributed by atoms with Gasteiger partial charge in [-0.2, -0.15) is 0 Å². The van der Waals surface area contributed by atoms with Crippen LogP contribution in [0.1, 0.15) is 11.1 Å². The van der Waals surface area contributed by atoms with Gasteiger partial charge in [-0.05, 0) is 11.1 Å². The molecule has 1 amide bonds. The Labute approximate surface area is 143 Å². The van der Waals surface area contributed by atoms with Gasteiger partial charge < -0.3 is 14.6 Å². The predicted octanol–water partition coefficient (Wildman–Crippen LogP) is 2.78. The lowest BCUT2D eigenvalue weighted by molar-refractivity contribution is -0.121. The number of rotatable bonds is 6. The molecule has 0 fully saturated rings. The van der Waals surface area contributed by atoms with Crippen molar-refractivity contribution in [1.29, 1.82) is 0 Å². The number of aromatic nitrogens is 2. The summed E-state index contributed by atoms with van der Waals surface area (Å²) in [4.78, 5) is 16.2. The van der Waals surface area contributed by atoms with Crippen molar-refractivity contribution in [3.63, 3.8) is 0 Å². The van der Waals surface area contributed by atoms with Gasteiger partial charge in [-0.25, -0.2) is 13.8 Å². The lowest BCUT2D eigenvalue weighted by atomic mass is 10.1. The van der Waals surface area contributed by atoms with E-state index >= 15 is 0 Å². The van der Waals surface area contributed by atoms with Gasteiger partial charge in [0.1, 0.15) is 6.54 Å². The molecule has 0 aliphatic carbocycles. The Morgan fingerprint density at radius 1 is 1.20 bits per heavy atom. The number of hydrogen-bond donors (Lipinski definition) is 1. The summed E-state index contributed by atoms with van der Waals surface area (Å²) in [5.41, 5.74) is 2.63. The lowest BCUT2D eigenvalue weighted by Crippen LogP contribution is -2.27. The zero-order chi connectivity index (χ0) is 17.8. The molecular formula is C18H17F2N3O2. The van der Waals surface area contributed by atoms with E-state index in [-0.39, 0.29) is 12.5 Å². The average Bonchev–Trinajstić information content (AvgIpc) is 2.96. The van der Waals surface area contributed by atoms with Gasteiger partial charge in [0, 0.05) is 25.8 Å². The third-order valence-corrected chi connectivity index (χ3v) is 3.87. The Balaban J connectivity index is 1.68. The summed E-state index contributed by atoms with van der Waals surface area (Å²) in [6, 6.07) is 9.70. The van der Waals surface area contributed by atoms with Crippen LogP contribution >= 0.6 is 0 Å². The average molecular weight is 345 g/mol. The van der Waals surface area contributed by atoms with Gasteiger partial charge in [0.2, 0.25) is 5.91 Å². The van der Waals surface area contributed by atoms with E-state index in [0.29, 0.717) is 24.2 Å². The van der Waals surface area contributed by atoms with Crippen molar-refractivity contribution >= 4 is 16.9 Å². The number of nitrogens with one attached hydrogen (secondary N) is 1. The summed E-state index contributed by atoms with van der Waals surface area (Å²) < 4.78 is 33.2. The minimum atomic E-state index is -0.969. The van der Waals surface area contributed by atoms with Crippen LogP contribution in [-0.2, 0) is 29.2 Å². The van der Waals surface area contributed by atoms with Gasteiger partial charge in [-0.15, -0.1) is 0 Å². The van der Waals surface area contributed by atoms with Crippen LogP contribution in [0.25, 0.3) is 11.0 Å². The Kier molecular flexibility index (Phi) is 5.04. The molecule has 1 heterocycles. The van der Waals surface area contributed by atoms with E-state index in [1.165, 1.54) is 10.9 Å². The number of carbonyl (C=O) groups excluding carboxylic acids is 1. The molecule has 5 nitrogen and oxygen atoms in total. The molecule has 0 atom stereocenters. The number of halogens is 2. The van der Waals surface area contributed by atoms with Crippen LogP contribution in [0.15, 0.2) is 42.7 Å². The third kappa shape index (κ3) is 3.83. The Morgan fingerprint density at radius 3 is 2.68 bits per heavy atom. The summed E-state index contributed by atoms with van der Waals surface area (Å²) in [5.74, 6) is -2.18. The molecule has 7 heteroatoms. The largest absolute Gasteiger partial charge is 0.380 e. The number of nitrogens with zero attached hydrogens (tertiary/aromatic N) is 2. The van der Waals surface area contributed by atoms with E-state index in [2.05, 4.69) is 10.3 Å². The van der Waals surface area contributed by atoms with Crippen molar-refractivity contribution in [2.75, 3.05) is 7.11 Å². The second-order valence-corrected chi connectivity index (χ2v) is 5.61. The normalized spacial score (nSPS) is 11.0. The fraction of sp³-hybridized carbons (Fsp3) is 0.222. The van der Waals surface area contributed by atoms with Gasteiger partial charge >= 0.3 is 0 Å². The molecule has 0 unspecified atom stereocenters. The first-order valence-corrected chi connectivity index (χ1v) is 7.71. The maximum absolute atomic E-state index is 13.4. The number of carbonyl (C=O) groups is 1. The topological polar surface area (TPSA) is 56.1 Å². The maximum atomic E-state index is 13.4. The summed E-state index contributed by atoms with van der Waals surface area (Å²) >= 11 is 0. The Morgan fingerprint density at radius 2 is 1.92 bits per heavy atom. The highest BCUT2D eigenvalue weighted by Crippen LogP contribution is 2.17. The van der Waals surface area contributed by atoms with Gasteiger partial charge in [-0.1, -0.05) is 24.3 Å². The van der Waals surface area contributed by atoms with Crippen LogP contribution in [0.3, 0.4) is 0 Å². The van der Waals surface area contributed by atoms with E-state index in [9.17, 15) is 13.6 Å². The summed E-state index contributed by atoms with van der Waals surface area (Å²) in [5, 5.41) is 2.82. The SMILES string of the molecule is COCc1ccccc1CNC(=O)Cn1cnc2cc(F)c(F)cc21. The molecule has 0 bridgehead atoms. The van der Waals surface area contributed by atoms with Crippen molar-refractivity contribution < 1.29 is 18.3 Å². The van der Waals surface area contributed by atoms with E-state index in [4.69, 9.17) is 4.74 Å². The second kappa shape index (κ2) is 7.40. The first kappa shape index (κ1) is 17.0. The number of methoxy groups -OCH3 is 1. The molecule has 3 aromatic rings. The number of amides is 1. The van der Waals surface area contributed by atoms with Crippen molar-refractivity contribution in [1.82, 2.24) is 14.9 Å². The molecular weight excluding hydrogens is 328 g/mol. The Hall–Kier alpha value is -2.80. The standard InChI is InChI=1S/C18H17F2N3O2/c1-25-10-13-5-3-2-4-12(13)8-21-18(24)9-23-11-22-16-6-14(19)15(20)7-17(16)23/h2-7,11H,8-10H2,1H3,(H,21,24). The predicted molar refractivity (Wildman–Crippen MR) is 88.7 cm³/mol. The smallest absolute Gasteiger partial charge is 0.240 e. The van der Waals surface area contributed by atoms with E-state index in [1.807, 2.05) is 24.3 Å². The van der Waals surface area contributed by atoms with Gasteiger partial charge in [0.05, 0.1) is 24.0 Å². The van der Waals surface area contributed by atoms with Crippen LogP contribution in [0.4, 0.5) is 8.78 Å². The molecule has 0 aliphatic rings. The molecule has 130 valence electrons. The molecule has 25 heavy (non-hydrogen) atoms. The molecule has 1 N–H and O–H groups in total. The minimum absolute atomic E-state index is 0.0337. The van der Waals surface area contributed by atoms with Gasteiger partial charge in [0.15, 0.2) is 11.6 Å². The molecule has 0 spiro atoms. The van der Waals surface area contributed by atoms with Crippen LogP contribution < -0.4 is 5.32 Å². The van der Waals surface area contributed by atoms with Crippen LogP contribution in [-0.4, -0.2) is 22.6 Å². The zero-order valence-corrected chi connectivity index (χ0v) is 13.6. The second-order valence-electron chi connectivity index (χ2n) is 5.61. The zero-order valence-electron chi connectivity index (χ0n) is 13.6. The highest BCUT2D eigenvalue weighted by Gasteiger charge is 2.12. The quantitative estimate of drug-likeness (QED) is 0.747. The third-order valence-electron chi connectivity index (χ3n) is 3.87. The summed E-state index contributed by atoms with van der Waals surface area (Å²) in [6.45, 7) is 0.783. The number of ether oxygens (including phenoxy) is 1. The van der Waals surface area contributed by atoms with Crippen molar-refractivity contribution in [2.45, 2.75) is 19.7 Å². The first-order chi connectivity index (χ1) is 12.1. The van der Waals surface area contributed by atoms with Crippen LogP contribution in [0, 0.1) is 11.6 Å². The number of hydrogen-bond acceptors (Lipinski definition) is 3. The Bertz CT molecular complexity index is 908. The molecule has 1 aromatic heterocycles. The molecule has 0 radical (unpaired) electrons. The number of imidazole rings is 1. The molecule has 0 saturated heterocycles. The highest BCUT2D eigenvalue weighted by molar-refractivity contribution is 5.80. The van der Waals surface area contributed by atoms with Crippen molar-refractivity contribution in [2.24, 2.45) is 0 Å². The summed E-state index contributed by atoms with van der Waals surface area (Å²) in [7, 11) is 1.61. The number of benzene rings is 2. The molecule has 0 aliphatic heterocycles. The van der Waals surface area contributed by atoms with E-state index in [1.54, 1.807) is 7.11 Å². The van der Waals surface area contributed by atoms with E-state index in [0.717, 1.165) is 23.3 Å². The summed E-state index contributed by atoms with van der Waals surface area (Å²) in [6.07, 6.45) is 1.39. The van der Waals surface area contributed by atoms with Crippen molar-refractivity contribution in [3.05, 3.63) is 65.5 Å². The van der Waals surface area contributed by atoms with Gasteiger partial charge in [-0.3, -0.25) is 4.79 Å². The lowest BCUT2D eigenvalue weighted by Gasteiger charge is -2.10. The number of fused-ring (bicyclic) bond motifs is 1. The maximum Gasteiger partial charge on any atom is 0.240 e. The minimum Gasteiger partial charge on any atom is -0.380 e. The highest BCUT2D eigenvalue weighted by atomic mass is 19.2. The molecule has 3 rings (SSSR count). The van der Waals surface area contributed by atoms with Crippen molar-refractivity contribution in [3.8, 4) is 0 Å². The molecule has 2 aromatic carbocycles. The van der Waals surface area contributed by atoms with Crippen LogP contribution in [0.2, 0.25) is 0 Å². The molecule has 0 saturated carbocycles. The monoisotopic (exact) mass is 345 g/mol. The van der Waals surface area contributed by atoms with Crippen LogP contribution in [0.5, 0.6) is 0 Å².